The smallest absolute Gasteiger partial charge is 0.550 e. The first kappa shape index (κ1) is 35.0. The van der Waals surface area contributed by atoms with Crippen molar-refractivity contribution >= 4 is 35.3 Å². The fourth-order valence-corrected chi connectivity index (χ4v) is 5.70. The molecule has 3 rings (SSSR count). The largest absolute Gasteiger partial charge is 3.00 e. The summed E-state index contributed by atoms with van der Waals surface area (Å²) in [5.41, 5.74) is 0. The van der Waals surface area contributed by atoms with Crippen LogP contribution in [-0.4, -0.2) is 35.3 Å². The Kier molecular flexibility index (Phi) is 16.5. The number of carboxylic acids is 3. The summed E-state index contributed by atoms with van der Waals surface area (Å²) < 4.78 is 0. The van der Waals surface area contributed by atoms with Gasteiger partial charge in [-0.15, -0.1) is 0 Å². The summed E-state index contributed by atoms with van der Waals surface area (Å²) >= 11 is 0. The first-order chi connectivity index (χ1) is 16.9. The minimum absolute atomic E-state index is 0. The summed E-state index contributed by atoms with van der Waals surface area (Å²) in [6, 6.07) is 0. The molecule has 0 aromatic heterocycles. The number of aliphatic carboxylic acids is 3. The van der Waals surface area contributed by atoms with Crippen LogP contribution in [0.3, 0.4) is 0 Å². The minimum atomic E-state index is -1.06. The molecule has 3 aliphatic rings. The van der Waals surface area contributed by atoms with E-state index in [0.717, 1.165) is 38.5 Å². The molecule has 37 heavy (non-hydrogen) atoms. The van der Waals surface area contributed by atoms with Crippen molar-refractivity contribution in [1.82, 2.24) is 0 Å². The Bertz CT molecular complexity index is 639. The van der Waals surface area contributed by atoms with E-state index in [-0.39, 0.29) is 52.5 Å². The van der Waals surface area contributed by atoms with Crippen LogP contribution in [-0.2, 0) is 46.1 Å². The molecule has 0 spiro atoms. The van der Waals surface area contributed by atoms with E-state index < -0.39 is 35.7 Å². The maximum atomic E-state index is 11.0. The van der Waals surface area contributed by atoms with E-state index in [0.29, 0.717) is 38.5 Å². The molecule has 0 aliphatic heterocycles. The number of hydrogen-bond donors (Lipinski definition) is 0. The summed E-state index contributed by atoms with van der Waals surface area (Å²) in [5, 5.41) is 31.8. The van der Waals surface area contributed by atoms with Crippen LogP contribution in [0.25, 0.3) is 0 Å². The average Bonchev–Trinajstić information content (AvgIpc) is 2.84. The summed E-state index contributed by atoms with van der Waals surface area (Å²) in [6.45, 7) is 4.39. The molecular weight excluding hydrogens is 520 g/mol. The van der Waals surface area contributed by atoms with Gasteiger partial charge in [-0.05, 0) is 59.3 Å². The number of Topliss-reactive ketones (excluding diaryl/α,β-unsaturated/α-hetero) is 3. The first-order valence-corrected chi connectivity index (χ1v) is 13.0. The second kappa shape index (κ2) is 17.5. The van der Waals surface area contributed by atoms with Crippen molar-refractivity contribution in [2.45, 2.75) is 97.8 Å². The molecule has 0 saturated heterocycles. The molecule has 0 aromatic rings. The van der Waals surface area contributed by atoms with Crippen molar-refractivity contribution in [2.75, 3.05) is 0 Å². The minimum Gasteiger partial charge on any atom is -0.550 e. The zero-order chi connectivity index (χ0) is 27.4. The van der Waals surface area contributed by atoms with Gasteiger partial charge in [-0.3, -0.25) is 14.4 Å². The van der Waals surface area contributed by atoms with Gasteiger partial charge >= 0.3 is 17.4 Å². The molecule has 6 atom stereocenters. The van der Waals surface area contributed by atoms with Crippen molar-refractivity contribution in [2.24, 2.45) is 35.5 Å². The normalized spacial score (nSPS) is 28.9. The summed E-state index contributed by atoms with van der Waals surface area (Å²) in [4.78, 5) is 64.9. The van der Waals surface area contributed by atoms with Crippen molar-refractivity contribution in [3.8, 4) is 0 Å². The number of carbonyl (C=O) groups excluding carboxylic acids is 6. The molecule has 6 unspecified atom stereocenters. The predicted molar refractivity (Wildman–Crippen MR) is 123 cm³/mol. The van der Waals surface area contributed by atoms with Crippen molar-refractivity contribution in [3.05, 3.63) is 0 Å². The van der Waals surface area contributed by atoms with Crippen LogP contribution in [0.4, 0.5) is 0 Å². The van der Waals surface area contributed by atoms with E-state index in [1.807, 2.05) is 0 Å². The Labute approximate surface area is 229 Å². The third-order valence-corrected chi connectivity index (χ3v) is 7.77. The maximum absolute atomic E-state index is 11.0. The van der Waals surface area contributed by atoms with Gasteiger partial charge in [0.1, 0.15) is 17.3 Å². The molecule has 207 valence electrons. The van der Waals surface area contributed by atoms with Gasteiger partial charge < -0.3 is 29.7 Å². The Morgan fingerprint density at radius 1 is 0.405 bits per heavy atom. The summed E-state index contributed by atoms with van der Waals surface area (Å²) in [7, 11) is 0. The molecule has 3 fully saturated rings. The second-order valence-corrected chi connectivity index (χ2v) is 10.3. The summed E-state index contributed by atoms with van der Waals surface area (Å²) in [5.74, 6) is -5.67. The zero-order valence-electron chi connectivity index (χ0n) is 22.0. The fraction of sp³-hybridized carbons (Fsp3) is 0.778. The molecule has 0 bridgehead atoms. The van der Waals surface area contributed by atoms with Crippen LogP contribution in [0, 0.1) is 35.5 Å². The number of rotatable bonds is 6. The van der Waals surface area contributed by atoms with Crippen LogP contribution >= 0.6 is 0 Å². The molecule has 10 heteroatoms. The van der Waals surface area contributed by atoms with Crippen LogP contribution in [0.2, 0.25) is 0 Å². The predicted octanol–water partition coefficient (Wildman–Crippen LogP) is 0.393. The van der Waals surface area contributed by atoms with Gasteiger partial charge in [0.05, 0.1) is 0 Å². The molecule has 0 heterocycles. The second-order valence-electron chi connectivity index (χ2n) is 10.3. The van der Waals surface area contributed by atoms with E-state index in [1.54, 1.807) is 0 Å². The Balaban J connectivity index is 0.000000518. The van der Waals surface area contributed by atoms with E-state index in [4.69, 9.17) is 0 Å². The summed E-state index contributed by atoms with van der Waals surface area (Å²) in [6.07, 6.45) is 9.57. The standard InChI is InChI=1S/3C9H14O3.Cr/c3*1-6(10)7-4-2-3-5-8(7)9(11)12;/h3*7-8H,2-5H2,1H3,(H,11,12);/q;;;+3/p-3. The monoisotopic (exact) mass is 559 g/mol. The Morgan fingerprint density at radius 3 is 0.676 bits per heavy atom. The van der Waals surface area contributed by atoms with E-state index in [1.165, 1.54) is 20.8 Å². The average molecular weight is 560 g/mol. The molecule has 1 radical (unpaired) electrons. The van der Waals surface area contributed by atoms with Crippen LogP contribution in [0.5, 0.6) is 0 Å². The van der Waals surface area contributed by atoms with Crippen LogP contribution < -0.4 is 15.3 Å². The number of ketones is 3. The van der Waals surface area contributed by atoms with Crippen LogP contribution in [0.15, 0.2) is 0 Å². The number of carboxylic acid groups (broad SMARTS) is 3. The number of hydrogen-bond acceptors (Lipinski definition) is 9. The number of carbonyl (C=O) groups is 6. The third kappa shape index (κ3) is 11.5. The molecule has 9 nitrogen and oxygen atoms in total. The van der Waals surface area contributed by atoms with Gasteiger partial charge in [-0.2, -0.15) is 0 Å². The first-order valence-electron chi connectivity index (χ1n) is 13.0. The van der Waals surface area contributed by atoms with Gasteiger partial charge in [0, 0.05) is 53.4 Å². The molecule has 3 aliphatic carbocycles. The van der Waals surface area contributed by atoms with Crippen molar-refractivity contribution < 1.29 is 61.4 Å². The topological polar surface area (TPSA) is 172 Å². The SMILES string of the molecule is CC(=O)C1CCCCC1C(=O)[O-].CC(=O)C1CCCCC1C(=O)[O-].CC(=O)C1CCCCC1C(=O)[O-].[Cr+3]. The quantitative estimate of drug-likeness (QED) is 0.446. The van der Waals surface area contributed by atoms with E-state index in [9.17, 15) is 44.1 Å². The Hall–Kier alpha value is -2.05. The van der Waals surface area contributed by atoms with Crippen molar-refractivity contribution in [1.29, 1.82) is 0 Å². The van der Waals surface area contributed by atoms with E-state index >= 15 is 0 Å². The maximum Gasteiger partial charge on any atom is 3.00 e. The molecule has 3 saturated carbocycles. The Morgan fingerprint density at radius 2 is 0.568 bits per heavy atom. The molecule has 0 N–H and O–H groups in total. The van der Waals surface area contributed by atoms with Gasteiger partial charge in [0.15, 0.2) is 0 Å². The molecular formula is C27H39CrO9. The fourth-order valence-electron chi connectivity index (χ4n) is 5.70. The van der Waals surface area contributed by atoms with Crippen LogP contribution in [0.1, 0.15) is 97.8 Å². The zero-order valence-corrected chi connectivity index (χ0v) is 23.3. The third-order valence-electron chi connectivity index (χ3n) is 7.77. The van der Waals surface area contributed by atoms with E-state index in [2.05, 4.69) is 0 Å². The van der Waals surface area contributed by atoms with Gasteiger partial charge in [-0.1, -0.05) is 38.5 Å². The van der Waals surface area contributed by atoms with Crippen molar-refractivity contribution in [3.63, 3.8) is 0 Å². The van der Waals surface area contributed by atoms with Gasteiger partial charge in [0.25, 0.3) is 0 Å². The van der Waals surface area contributed by atoms with Gasteiger partial charge in [-0.25, -0.2) is 0 Å². The molecule has 0 aromatic carbocycles. The van der Waals surface area contributed by atoms with Gasteiger partial charge in [0.2, 0.25) is 0 Å². The molecule has 0 amide bonds.